The number of oxime groups is 1. The summed E-state index contributed by atoms with van der Waals surface area (Å²) in [6.07, 6.45) is 1.45. The highest BCUT2D eigenvalue weighted by atomic mass is 32.3. The Morgan fingerprint density at radius 3 is 3.00 bits per heavy atom. The third-order valence-electron chi connectivity index (χ3n) is 4.94. The van der Waals surface area contributed by atoms with Gasteiger partial charge < -0.3 is 20.4 Å². The number of fused-ring (bicyclic) bond motifs is 1. The number of nitrogens with zero attached hydrogens (tertiary/aromatic N) is 3. The van der Waals surface area contributed by atoms with Crippen molar-refractivity contribution in [1.29, 1.82) is 4.78 Å². The van der Waals surface area contributed by atoms with E-state index in [1.165, 1.54) is 12.1 Å². The molecule has 1 aromatic carbocycles. The van der Waals surface area contributed by atoms with Crippen molar-refractivity contribution in [2.75, 3.05) is 17.6 Å². The first kappa shape index (κ1) is 16.9. The molecule has 1 aromatic heterocycles. The van der Waals surface area contributed by atoms with Gasteiger partial charge in [-0.1, -0.05) is 11.2 Å². The summed E-state index contributed by atoms with van der Waals surface area (Å²) in [5, 5.41) is 26.0. The van der Waals surface area contributed by atoms with E-state index in [9.17, 15) is 14.2 Å². The van der Waals surface area contributed by atoms with E-state index in [4.69, 9.17) is 9.41 Å². The highest BCUT2D eigenvalue weighted by Gasteiger charge is 2.32. The number of anilines is 1. The summed E-state index contributed by atoms with van der Waals surface area (Å²) >= 11 is 0. The predicted octanol–water partition coefficient (Wildman–Crippen LogP) is 1.54. The van der Waals surface area contributed by atoms with Crippen LogP contribution in [0.25, 0.3) is 0 Å². The number of thiol groups is 1. The minimum absolute atomic E-state index is 0.0539. The van der Waals surface area contributed by atoms with E-state index < -0.39 is 10.1 Å². The molecule has 26 heavy (non-hydrogen) atoms. The Kier molecular flexibility index (Phi) is 4.11. The van der Waals surface area contributed by atoms with Gasteiger partial charge in [0.15, 0.2) is 11.5 Å². The number of aromatic nitrogens is 2. The highest BCUT2D eigenvalue weighted by Crippen LogP contribution is 2.34. The van der Waals surface area contributed by atoms with Gasteiger partial charge in [-0.15, -0.1) is 10.1 Å². The Hall–Kier alpha value is -2.53. The largest absolute Gasteiger partial charge is 0.409 e. The van der Waals surface area contributed by atoms with Gasteiger partial charge >= 0.3 is 0 Å². The van der Waals surface area contributed by atoms with E-state index in [1.54, 1.807) is 6.07 Å². The standard InChI is InChI=1S/C15H19FN6O3S/c16-9-2-1-8-5-12(11(8)6-9)19-15(20-23)13-14(22-25-21-13)18-7-10-3-4-26(10,17)24/h1-2,6,10,12,23,26H,3-5,7H2,(H2,17,24)(H,18,22)(H,19,20)/t10-,12?/m0/s1. The third kappa shape index (κ3) is 2.92. The molecule has 2 atom stereocenters. The third-order valence-corrected chi connectivity index (χ3v) is 7.53. The van der Waals surface area contributed by atoms with Gasteiger partial charge in [0.05, 0.1) is 6.04 Å². The summed E-state index contributed by atoms with van der Waals surface area (Å²) in [4.78, 5) is 0. The second-order valence-electron chi connectivity index (χ2n) is 6.53. The van der Waals surface area contributed by atoms with Gasteiger partial charge in [-0.25, -0.2) is 9.02 Å². The summed E-state index contributed by atoms with van der Waals surface area (Å²) < 4.78 is 35.8. The number of rotatable bonds is 5. The Morgan fingerprint density at radius 1 is 1.46 bits per heavy atom. The van der Waals surface area contributed by atoms with Crippen molar-refractivity contribution < 1.29 is 18.8 Å². The Bertz CT molecular complexity index is 917. The fraction of sp³-hybridized carbons (Fsp3) is 0.400. The molecule has 2 aromatic rings. The molecule has 4 rings (SSSR count). The maximum Gasteiger partial charge on any atom is 0.202 e. The molecule has 1 saturated heterocycles. The summed E-state index contributed by atoms with van der Waals surface area (Å²) in [5.41, 5.74) is 2.01. The quantitative estimate of drug-likeness (QED) is 0.152. The van der Waals surface area contributed by atoms with E-state index in [-0.39, 0.29) is 34.5 Å². The van der Waals surface area contributed by atoms with Crippen molar-refractivity contribution >= 4 is 21.8 Å². The van der Waals surface area contributed by atoms with Gasteiger partial charge in [-0.3, -0.25) is 4.78 Å². The van der Waals surface area contributed by atoms with Crippen LogP contribution in [0, 0.1) is 10.6 Å². The van der Waals surface area contributed by atoms with Crippen LogP contribution in [-0.4, -0.2) is 43.5 Å². The van der Waals surface area contributed by atoms with Crippen LogP contribution in [0.3, 0.4) is 0 Å². The minimum atomic E-state index is -2.57. The zero-order valence-corrected chi connectivity index (χ0v) is 14.6. The minimum Gasteiger partial charge on any atom is -0.409 e. The van der Waals surface area contributed by atoms with Crippen LogP contribution in [0.2, 0.25) is 0 Å². The average molecular weight is 382 g/mol. The molecular weight excluding hydrogens is 363 g/mol. The fourth-order valence-corrected chi connectivity index (χ4v) is 4.70. The van der Waals surface area contributed by atoms with Crippen LogP contribution in [0.1, 0.15) is 29.3 Å². The number of benzene rings is 1. The Balaban J connectivity index is 1.45. The van der Waals surface area contributed by atoms with Crippen LogP contribution < -0.4 is 10.6 Å². The van der Waals surface area contributed by atoms with Crippen LogP contribution >= 0.6 is 0 Å². The molecule has 1 unspecified atom stereocenters. The molecule has 5 N–H and O–H groups in total. The molecule has 1 aliphatic heterocycles. The van der Waals surface area contributed by atoms with Gasteiger partial charge in [0.2, 0.25) is 5.82 Å². The van der Waals surface area contributed by atoms with Gasteiger partial charge in [0.1, 0.15) is 5.82 Å². The zero-order chi connectivity index (χ0) is 18.3. The SMILES string of the molecule is N=[SH]1(O)CC[C@H]1CNc1nonc1C(=NO)NC1Cc2ccc(F)cc21. The van der Waals surface area contributed by atoms with Gasteiger partial charge in [0, 0.05) is 17.5 Å². The van der Waals surface area contributed by atoms with E-state index in [2.05, 4.69) is 26.1 Å². The normalized spacial score (nSPS) is 24.8. The summed E-state index contributed by atoms with van der Waals surface area (Å²) in [6.45, 7) is 0.366. The maximum absolute atomic E-state index is 13.4. The fourth-order valence-electron chi connectivity index (χ4n) is 3.20. The van der Waals surface area contributed by atoms with E-state index in [1.807, 2.05) is 0 Å². The van der Waals surface area contributed by atoms with E-state index >= 15 is 0 Å². The smallest absolute Gasteiger partial charge is 0.202 e. The lowest BCUT2D eigenvalue weighted by Crippen LogP contribution is -2.46. The van der Waals surface area contributed by atoms with Crippen LogP contribution in [-0.2, 0) is 16.5 Å². The molecule has 0 saturated carbocycles. The van der Waals surface area contributed by atoms with E-state index in [0.29, 0.717) is 18.7 Å². The first-order chi connectivity index (χ1) is 12.5. The molecule has 0 radical (unpaired) electrons. The highest BCUT2D eigenvalue weighted by molar-refractivity contribution is 8.00. The molecule has 0 amide bonds. The average Bonchev–Trinajstić information content (AvgIpc) is 3.05. The summed E-state index contributed by atoms with van der Waals surface area (Å²) in [6, 6.07) is 4.39. The van der Waals surface area contributed by atoms with Crippen molar-refractivity contribution in [2.24, 2.45) is 5.16 Å². The zero-order valence-electron chi connectivity index (χ0n) is 13.7. The van der Waals surface area contributed by atoms with Crippen molar-refractivity contribution in [1.82, 2.24) is 15.6 Å². The maximum atomic E-state index is 13.4. The van der Waals surface area contributed by atoms with Crippen molar-refractivity contribution in [3.63, 3.8) is 0 Å². The Labute approximate surface area is 149 Å². The van der Waals surface area contributed by atoms with Gasteiger partial charge in [-0.05, 0) is 46.4 Å². The lowest BCUT2D eigenvalue weighted by Gasteiger charge is -2.40. The number of amidine groups is 1. The predicted molar refractivity (Wildman–Crippen MR) is 94.5 cm³/mol. The monoisotopic (exact) mass is 382 g/mol. The second-order valence-corrected chi connectivity index (χ2v) is 9.36. The Morgan fingerprint density at radius 2 is 2.31 bits per heavy atom. The number of hydrogen-bond donors (Lipinski definition) is 6. The molecule has 1 aliphatic carbocycles. The van der Waals surface area contributed by atoms with Crippen molar-refractivity contribution in [3.8, 4) is 0 Å². The number of hydrogen-bond acceptors (Lipinski definition) is 7. The second kappa shape index (κ2) is 6.32. The first-order valence-electron chi connectivity index (χ1n) is 8.17. The molecule has 140 valence electrons. The van der Waals surface area contributed by atoms with E-state index in [0.717, 1.165) is 17.5 Å². The van der Waals surface area contributed by atoms with Crippen LogP contribution in [0.15, 0.2) is 28.0 Å². The lowest BCUT2D eigenvalue weighted by atomic mass is 9.83. The first-order valence-corrected chi connectivity index (χ1v) is 10.2. The molecule has 9 nitrogen and oxygen atoms in total. The molecular formula is C15H19FN6O3S. The molecule has 0 bridgehead atoms. The summed E-state index contributed by atoms with van der Waals surface area (Å²) in [7, 11) is -2.57. The molecule has 1 fully saturated rings. The van der Waals surface area contributed by atoms with Crippen LogP contribution in [0.5, 0.6) is 0 Å². The van der Waals surface area contributed by atoms with Gasteiger partial charge in [0.25, 0.3) is 0 Å². The lowest BCUT2D eigenvalue weighted by molar-refractivity contribution is 0.303. The topological polar surface area (TPSA) is 140 Å². The molecule has 0 spiro atoms. The van der Waals surface area contributed by atoms with Crippen molar-refractivity contribution in [3.05, 3.63) is 40.8 Å². The summed E-state index contributed by atoms with van der Waals surface area (Å²) in [5.74, 6) is 0.537. The molecule has 11 heteroatoms. The number of halogens is 1. The van der Waals surface area contributed by atoms with Gasteiger partial charge in [-0.2, -0.15) is 0 Å². The molecule has 2 aliphatic rings. The van der Waals surface area contributed by atoms with Crippen molar-refractivity contribution in [2.45, 2.75) is 24.1 Å². The van der Waals surface area contributed by atoms with Crippen LogP contribution in [0.4, 0.5) is 10.2 Å². The number of nitrogens with one attached hydrogen (secondary N) is 3. The molecule has 2 heterocycles.